The Bertz CT molecular complexity index is 2060. The Balaban J connectivity index is 1.45. The molecule has 0 spiro atoms. The van der Waals surface area contributed by atoms with Gasteiger partial charge in [0.2, 0.25) is 0 Å². The lowest BCUT2D eigenvalue weighted by atomic mass is 9.75. The molecule has 7 aromatic rings. The highest BCUT2D eigenvalue weighted by Gasteiger charge is 2.34. The summed E-state index contributed by atoms with van der Waals surface area (Å²) in [6.07, 6.45) is 0. The Morgan fingerprint density at radius 3 is 2.05 bits per heavy atom. The molecule has 2 heteroatoms. The lowest BCUT2D eigenvalue weighted by molar-refractivity contribution is 0.418. The first kappa shape index (κ1) is 22.2. The number of rotatable bonds is 2. The van der Waals surface area contributed by atoms with Gasteiger partial charge in [-0.05, 0) is 64.4 Å². The molecular formula is C37H27NO. The van der Waals surface area contributed by atoms with Crippen LogP contribution in [0.1, 0.15) is 25.0 Å². The van der Waals surface area contributed by atoms with Crippen LogP contribution in [0.5, 0.6) is 11.5 Å². The van der Waals surface area contributed by atoms with Gasteiger partial charge in [0.05, 0.1) is 11.0 Å². The topological polar surface area (TPSA) is 14.2 Å². The molecule has 0 aliphatic carbocycles. The van der Waals surface area contributed by atoms with Gasteiger partial charge in [-0.25, -0.2) is 0 Å². The van der Waals surface area contributed by atoms with Crippen molar-refractivity contribution in [2.45, 2.75) is 19.3 Å². The minimum atomic E-state index is -0.168. The molecule has 186 valence electrons. The van der Waals surface area contributed by atoms with E-state index in [0.717, 1.165) is 11.5 Å². The highest BCUT2D eigenvalue weighted by atomic mass is 16.5. The van der Waals surface area contributed by atoms with Crippen LogP contribution in [0.3, 0.4) is 0 Å². The van der Waals surface area contributed by atoms with Gasteiger partial charge in [-0.1, -0.05) is 98.8 Å². The van der Waals surface area contributed by atoms with Crippen molar-refractivity contribution in [1.82, 2.24) is 4.57 Å². The fourth-order valence-corrected chi connectivity index (χ4v) is 6.53. The van der Waals surface area contributed by atoms with E-state index in [1.54, 1.807) is 0 Å². The molecule has 39 heavy (non-hydrogen) atoms. The lowest BCUT2D eigenvalue weighted by Gasteiger charge is -2.34. The molecule has 2 nitrogen and oxygen atoms in total. The average molecular weight is 502 g/mol. The predicted molar refractivity (Wildman–Crippen MR) is 162 cm³/mol. The summed E-state index contributed by atoms with van der Waals surface area (Å²) >= 11 is 0. The fraction of sp³-hybridized carbons (Fsp3) is 0.0811. The summed E-state index contributed by atoms with van der Waals surface area (Å²) in [6.45, 7) is 4.59. The molecule has 1 aromatic heterocycles. The van der Waals surface area contributed by atoms with Crippen LogP contribution in [0.4, 0.5) is 0 Å². The quantitative estimate of drug-likeness (QED) is 0.230. The summed E-state index contributed by atoms with van der Waals surface area (Å²) in [7, 11) is 0. The number of hydrogen-bond acceptors (Lipinski definition) is 1. The third kappa shape index (κ3) is 3.15. The molecule has 0 atom stereocenters. The molecule has 0 radical (unpaired) electrons. The molecule has 0 saturated carbocycles. The van der Waals surface area contributed by atoms with Gasteiger partial charge in [0.1, 0.15) is 11.5 Å². The molecule has 1 aliphatic rings. The first-order valence-electron chi connectivity index (χ1n) is 13.5. The molecular weight excluding hydrogens is 474 g/mol. The van der Waals surface area contributed by atoms with Crippen LogP contribution >= 0.6 is 0 Å². The SMILES string of the molecule is CC1(C)c2ccccc2Oc2ccc(-c3cc4c(c5ccccc35)c3ccccc3n4-c3ccccc3)cc21. The molecule has 0 N–H and O–H groups in total. The Morgan fingerprint density at radius 2 is 1.21 bits per heavy atom. The van der Waals surface area contributed by atoms with Gasteiger partial charge in [-0.3, -0.25) is 0 Å². The standard InChI is InChI=1S/C37H27NO/c1-37(2)30-17-9-11-19-34(30)39-35-21-20-24(22-31(35)37)29-23-33-36(27-15-7-6-14-26(27)29)28-16-8-10-18-32(28)38(33)25-12-4-3-5-13-25/h3-23H,1-2H3. The van der Waals surface area contributed by atoms with Crippen molar-refractivity contribution in [2.75, 3.05) is 0 Å². The van der Waals surface area contributed by atoms with E-state index in [4.69, 9.17) is 4.74 Å². The number of ether oxygens (including phenoxy) is 1. The number of fused-ring (bicyclic) bond motifs is 7. The third-order valence-electron chi connectivity index (χ3n) is 8.44. The first-order chi connectivity index (χ1) is 19.1. The van der Waals surface area contributed by atoms with Crippen LogP contribution in [-0.2, 0) is 5.41 Å². The molecule has 6 aromatic carbocycles. The van der Waals surface area contributed by atoms with Crippen molar-refractivity contribution in [2.24, 2.45) is 0 Å². The lowest BCUT2D eigenvalue weighted by Crippen LogP contribution is -2.24. The van der Waals surface area contributed by atoms with Crippen LogP contribution in [0.25, 0.3) is 49.4 Å². The van der Waals surface area contributed by atoms with E-state index in [0.29, 0.717) is 0 Å². The van der Waals surface area contributed by atoms with Gasteiger partial charge in [0, 0.05) is 33.0 Å². The van der Waals surface area contributed by atoms with Gasteiger partial charge in [0.15, 0.2) is 0 Å². The van der Waals surface area contributed by atoms with E-state index in [9.17, 15) is 0 Å². The van der Waals surface area contributed by atoms with Crippen LogP contribution in [0.2, 0.25) is 0 Å². The summed E-state index contributed by atoms with van der Waals surface area (Å²) in [5.74, 6) is 1.88. The molecule has 0 bridgehead atoms. The average Bonchev–Trinajstić information content (AvgIpc) is 3.32. The van der Waals surface area contributed by atoms with Gasteiger partial charge >= 0.3 is 0 Å². The number of nitrogens with zero attached hydrogens (tertiary/aromatic N) is 1. The molecule has 0 fully saturated rings. The Kier molecular flexibility index (Phi) is 4.60. The Morgan fingerprint density at radius 1 is 0.538 bits per heavy atom. The molecule has 1 aliphatic heterocycles. The van der Waals surface area contributed by atoms with Crippen LogP contribution < -0.4 is 4.74 Å². The van der Waals surface area contributed by atoms with Gasteiger partial charge in [0.25, 0.3) is 0 Å². The predicted octanol–water partition coefficient (Wildman–Crippen LogP) is 10.0. The normalized spacial score (nSPS) is 13.8. The highest BCUT2D eigenvalue weighted by molar-refractivity contribution is 6.24. The van der Waals surface area contributed by atoms with Crippen molar-refractivity contribution in [3.63, 3.8) is 0 Å². The van der Waals surface area contributed by atoms with E-state index in [-0.39, 0.29) is 5.41 Å². The zero-order valence-electron chi connectivity index (χ0n) is 22.0. The summed E-state index contributed by atoms with van der Waals surface area (Å²) in [4.78, 5) is 0. The van der Waals surface area contributed by atoms with Crippen molar-refractivity contribution in [3.05, 3.63) is 139 Å². The number of benzene rings is 6. The molecule has 0 amide bonds. The van der Waals surface area contributed by atoms with E-state index < -0.39 is 0 Å². The zero-order valence-corrected chi connectivity index (χ0v) is 22.0. The monoisotopic (exact) mass is 501 g/mol. The summed E-state index contributed by atoms with van der Waals surface area (Å²) in [6, 6.07) is 45.8. The van der Waals surface area contributed by atoms with Gasteiger partial charge in [-0.2, -0.15) is 0 Å². The van der Waals surface area contributed by atoms with E-state index in [2.05, 4.69) is 140 Å². The van der Waals surface area contributed by atoms with Crippen molar-refractivity contribution < 1.29 is 4.74 Å². The largest absolute Gasteiger partial charge is 0.457 e. The number of hydrogen-bond donors (Lipinski definition) is 0. The molecule has 0 unspecified atom stereocenters. The summed E-state index contributed by atoms with van der Waals surface area (Å²) < 4.78 is 8.78. The van der Waals surface area contributed by atoms with Gasteiger partial charge in [-0.15, -0.1) is 0 Å². The van der Waals surface area contributed by atoms with Crippen molar-refractivity contribution in [3.8, 4) is 28.3 Å². The Hall–Kier alpha value is -4.82. The van der Waals surface area contributed by atoms with Crippen LogP contribution in [0, 0.1) is 0 Å². The maximum absolute atomic E-state index is 6.37. The Labute approximate surface area is 227 Å². The van der Waals surface area contributed by atoms with Crippen molar-refractivity contribution >= 4 is 32.6 Å². The zero-order chi connectivity index (χ0) is 26.1. The fourth-order valence-electron chi connectivity index (χ4n) is 6.53. The maximum atomic E-state index is 6.37. The molecule has 2 heterocycles. The third-order valence-corrected chi connectivity index (χ3v) is 8.44. The second-order valence-corrected chi connectivity index (χ2v) is 11.0. The molecule has 0 saturated heterocycles. The van der Waals surface area contributed by atoms with Crippen LogP contribution in [-0.4, -0.2) is 4.57 Å². The second kappa shape index (κ2) is 8.09. The van der Waals surface area contributed by atoms with Gasteiger partial charge < -0.3 is 9.30 Å². The van der Waals surface area contributed by atoms with Crippen molar-refractivity contribution in [1.29, 1.82) is 0 Å². The smallest absolute Gasteiger partial charge is 0.131 e. The highest BCUT2D eigenvalue weighted by Crippen LogP contribution is 2.49. The second-order valence-electron chi connectivity index (χ2n) is 11.0. The number of aromatic nitrogens is 1. The van der Waals surface area contributed by atoms with E-state index in [1.807, 2.05) is 6.07 Å². The summed E-state index contributed by atoms with van der Waals surface area (Å²) in [5.41, 5.74) is 8.31. The first-order valence-corrected chi connectivity index (χ1v) is 13.5. The molecule has 8 rings (SSSR count). The minimum Gasteiger partial charge on any atom is -0.457 e. The maximum Gasteiger partial charge on any atom is 0.131 e. The van der Waals surface area contributed by atoms with E-state index in [1.165, 1.54) is 60.5 Å². The summed E-state index contributed by atoms with van der Waals surface area (Å²) in [5, 5.41) is 5.10. The van der Waals surface area contributed by atoms with E-state index >= 15 is 0 Å². The minimum absolute atomic E-state index is 0.168. The number of para-hydroxylation sites is 3. The van der Waals surface area contributed by atoms with Crippen LogP contribution in [0.15, 0.2) is 127 Å².